The molecular weight excluding hydrogens is 505 g/mol. The van der Waals surface area contributed by atoms with Gasteiger partial charge in [0.2, 0.25) is 0 Å². The van der Waals surface area contributed by atoms with E-state index in [1.165, 1.54) is 11.3 Å². The minimum Gasteiger partial charge on any atom is -0.303 e. The highest BCUT2D eigenvalue weighted by molar-refractivity contribution is 9.10. The maximum absolute atomic E-state index is 12.7. The van der Waals surface area contributed by atoms with Crippen molar-refractivity contribution < 1.29 is 4.79 Å². The van der Waals surface area contributed by atoms with Gasteiger partial charge in [-0.2, -0.15) is 5.10 Å². The second-order valence-electron chi connectivity index (χ2n) is 5.97. The number of anilines is 1. The van der Waals surface area contributed by atoms with Gasteiger partial charge >= 0.3 is 0 Å². The standard InChI is InChI=1S/C19H11BrCl3N3OS/c20-12-9-26(8-10-5-6-13(21)14(22)7-10)25-18(12)24-19(27)17-16(23)11-3-1-2-4-15(11)28-17/h1-7,9H,8H2,(H,24,25,27). The molecule has 0 aliphatic heterocycles. The first-order valence-electron chi connectivity index (χ1n) is 8.07. The molecule has 0 unspecified atom stereocenters. The Labute approximate surface area is 188 Å². The quantitative estimate of drug-likeness (QED) is 0.315. The molecule has 28 heavy (non-hydrogen) atoms. The number of fused-ring (bicyclic) bond motifs is 1. The van der Waals surface area contributed by atoms with E-state index in [1.807, 2.05) is 30.3 Å². The number of carbonyl (C=O) groups is 1. The van der Waals surface area contributed by atoms with E-state index < -0.39 is 0 Å². The SMILES string of the molecule is O=C(Nc1nn(Cc2ccc(Cl)c(Cl)c2)cc1Br)c1sc2ccccc2c1Cl. The number of aromatic nitrogens is 2. The Kier molecular flexibility index (Phi) is 5.67. The molecule has 4 nitrogen and oxygen atoms in total. The third kappa shape index (κ3) is 3.93. The van der Waals surface area contributed by atoms with Crippen molar-refractivity contribution in [3.63, 3.8) is 0 Å². The molecule has 0 fully saturated rings. The fraction of sp³-hybridized carbons (Fsp3) is 0.0526. The summed E-state index contributed by atoms with van der Waals surface area (Å²) in [5, 5.41) is 9.54. The molecule has 0 saturated carbocycles. The van der Waals surface area contributed by atoms with Crippen LogP contribution < -0.4 is 5.32 Å². The van der Waals surface area contributed by atoms with Crippen molar-refractivity contribution >= 4 is 83.9 Å². The Bertz CT molecular complexity index is 1200. The van der Waals surface area contributed by atoms with Crippen LogP contribution in [-0.2, 0) is 6.54 Å². The Balaban J connectivity index is 1.55. The van der Waals surface area contributed by atoms with Gasteiger partial charge in [-0.05, 0) is 39.7 Å². The molecule has 1 N–H and O–H groups in total. The lowest BCUT2D eigenvalue weighted by molar-refractivity contribution is 0.103. The lowest BCUT2D eigenvalue weighted by atomic mass is 10.2. The molecule has 0 bridgehead atoms. The molecule has 2 aromatic heterocycles. The number of thiophene rings is 1. The van der Waals surface area contributed by atoms with E-state index in [2.05, 4.69) is 26.3 Å². The van der Waals surface area contributed by atoms with Crippen LogP contribution in [0.4, 0.5) is 5.82 Å². The van der Waals surface area contributed by atoms with E-state index in [0.717, 1.165) is 15.6 Å². The van der Waals surface area contributed by atoms with Gasteiger partial charge in [-0.1, -0.05) is 59.1 Å². The van der Waals surface area contributed by atoms with Gasteiger partial charge in [0.25, 0.3) is 5.91 Å². The van der Waals surface area contributed by atoms with E-state index in [1.54, 1.807) is 23.0 Å². The first-order valence-corrected chi connectivity index (χ1v) is 10.8. The summed E-state index contributed by atoms with van der Waals surface area (Å²) < 4.78 is 3.33. The number of hydrogen-bond donors (Lipinski definition) is 1. The van der Waals surface area contributed by atoms with Crippen LogP contribution in [-0.4, -0.2) is 15.7 Å². The summed E-state index contributed by atoms with van der Waals surface area (Å²) >= 11 is 23.2. The van der Waals surface area contributed by atoms with Crippen LogP contribution >= 0.6 is 62.1 Å². The average Bonchev–Trinajstić information content (AvgIpc) is 3.18. The lowest BCUT2D eigenvalue weighted by Crippen LogP contribution is -2.12. The first-order chi connectivity index (χ1) is 13.4. The van der Waals surface area contributed by atoms with Gasteiger partial charge in [-0.3, -0.25) is 9.48 Å². The number of rotatable bonds is 4. The predicted octanol–water partition coefficient (Wildman–Crippen LogP) is 7.12. The maximum Gasteiger partial charge on any atom is 0.268 e. The second-order valence-corrected chi connectivity index (χ2v) is 9.07. The van der Waals surface area contributed by atoms with Gasteiger partial charge in [-0.25, -0.2) is 0 Å². The molecule has 9 heteroatoms. The summed E-state index contributed by atoms with van der Waals surface area (Å²) in [6, 6.07) is 13.0. The van der Waals surface area contributed by atoms with Crippen LogP contribution in [0.3, 0.4) is 0 Å². The number of benzene rings is 2. The van der Waals surface area contributed by atoms with Crippen LogP contribution in [0.25, 0.3) is 10.1 Å². The fourth-order valence-corrected chi connectivity index (χ4v) is 4.86. The zero-order valence-corrected chi connectivity index (χ0v) is 18.7. The van der Waals surface area contributed by atoms with E-state index in [9.17, 15) is 4.79 Å². The highest BCUT2D eigenvalue weighted by Gasteiger charge is 2.19. The molecule has 0 aliphatic rings. The van der Waals surface area contributed by atoms with Crippen LogP contribution in [0.2, 0.25) is 15.1 Å². The molecule has 0 spiro atoms. The summed E-state index contributed by atoms with van der Waals surface area (Å²) in [6.45, 7) is 0.481. The summed E-state index contributed by atoms with van der Waals surface area (Å²) in [4.78, 5) is 13.2. The van der Waals surface area contributed by atoms with E-state index >= 15 is 0 Å². The molecule has 0 atom stereocenters. The monoisotopic (exact) mass is 513 g/mol. The zero-order valence-electron chi connectivity index (χ0n) is 14.0. The molecule has 4 aromatic rings. The Morgan fingerprint density at radius 2 is 1.93 bits per heavy atom. The number of halogens is 4. The maximum atomic E-state index is 12.7. The minimum absolute atomic E-state index is 0.299. The smallest absolute Gasteiger partial charge is 0.268 e. The zero-order chi connectivity index (χ0) is 19.8. The molecule has 2 heterocycles. The fourth-order valence-electron chi connectivity index (χ4n) is 2.71. The van der Waals surface area contributed by atoms with Crippen LogP contribution in [0.5, 0.6) is 0 Å². The largest absolute Gasteiger partial charge is 0.303 e. The van der Waals surface area contributed by atoms with Crippen molar-refractivity contribution in [3.05, 3.63) is 78.6 Å². The Morgan fingerprint density at radius 3 is 2.68 bits per heavy atom. The molecule has 0 radical (unpaired) electrons. The van der Waals surface area contributed by atoms with Crippen molar-refractivity contribution in [2.75, 3.05) is 5.32 Å². The third-order valence-electron chi connectivity index (χ3n) is 4.02. The highest BCUT2D eigenvalue weighted by atomic mass is 79.9. The Hall–Kier alpha value is -1.57. The van der Waals surface area contributed by atoms with E-state index in [0.29, 0.717) is 36.8 Å². The molecule has 0 aliphatic carbocycles. The van der Waals surface area contributed by atoms with Crippen molar-refractivity contribution in [1.82, 2.24) is 9.78 Å². The lowest BCUT2D eigenvalue weighted by Gasteiger charge is -2.04. The van der Waals surface area contributed by atoms with Crippen LogP contribution in [0.15, 0.2) is 53.1 Å². The third-order valence-corrected chi connectivity index (χ3v) is 7.01. The summed E-state index contributed by atoms with van der Waals surface area (Å²) in [5.74, 6) is 0.116. The Morgan fingerprint density at radius 1 is 1.14 bits per heavy atom. The van der Waals surface area contributed by atoms with Crippen molar-refractivity contribution in [2.45, 2.75) is 6.54 Å². The number of carbonyl (C=O) groups excluding carboxylic acids is 1. The highest BCUT2D eigenvalue weighted by Crippen LogP contribution is 2.36. The van der Waals surface area contributed by atoms with Gasteiger partial charge in [0.15, 0.2) is 5.82 Å². The van der Waals surface area contributed by atoms with Gasteiger partial charge < -0.3 is 5.32 Å². The number of nitrogens with one attached hydrogen (secondary N) is 1. The number of amides is 1. The minimum atomic E-state index is -0.299. The number of hydrogen-bond acceptors (Lipinski definition) is 3. The topological polar surface area (TPSA) is 46.9 Å². The first kappa shape index (κ1) is 19.7. The van der Waals surface area contributed by atoms with Gasteiger partial charge in [-0.15, -0.1) is 11.3 Å². The molecule has 142 valence electrons. The average molecular weight is 516 g/mol. The van der Waals surface area contributed by atoms with Gasteiger partial charge in [0.05, 0.1) is 26.1 Å². The molecule has 4 rings (SSSR count). The normalized spacial score (nSPS) is 11.1. The summed E-state index contributed by atoms with van der Waals surface area (Å²) in [7, 11) is 0. The van der Waals surface area contributed by atoms with Crippen LogP contribution in [0, 0.1) is 0 Å². The van der Waals surface area contributed by atoms with E-state index in [4.69, 9.17) is 34.8 Å². The predicted molar refractivity (Wildman–Crippen MR) is 120 cm³/mol. The molecule has 1 amide bonds. The molecule has 2 aromatic carbocycles. The van der Waals surface area contributed by atoms with Crippen molar-refractivity contribution in [2.24, 2.45) is 0 Å². The van der Waals surface area contributed by atoms with Gasteiger partial charge in [0, 0.05) is 16.3 Å². The van der Waals surface area contributed by atoms with Gasteiger partial charge in [0.1, 0.15) is 4.88 Å². The van der Waals surface area contributed by atoms with Crippen molar-refractivity contribution in [3.8, 4) is 0 Å². The molecular formula is C19H11BrCl3N3OS. The van der Waals surface area contributed by atoms with Crippen molar-refractivity contribution in [1.29, 1.82) is 0 Å². The summed E-state index contributed by atoms with van der Waals surface area (Å²) in [5.41, 5.74) is 0.940. The molecule has 0 saturated heterocycles. The van der Waals surface area contributed by atoms with Crippen LogP contribution in [0.1, 0.15) is 15.2 Å². The number of nitrogens with zero attached hydrogens (tertiary/aromatic N) is 2. The van der Waals surface area contributed by atoms with E-state index in [-0.39, 0.29) is 5.91 Å². The summed E-state index contributed by atoms with van der Waals surface area (Å²) in [6.07, 6.45) is 1.78. The second kappa shape index (κ2) is 8.05.